The van der Waals surface area contributed by atoms with Crippen molar-refractivity contribution >= 4 is 23.6 Å². The molecule has 0 aromatic heterocycles. The Labute approximate surface area is 179 Å². The van der Waals surface area contributed by atoms with Crippen LogP contribution in [0, 0.1) is 13.8 Å². The van der Waals surface area contributed by atoms with Gasteiger partial charge in [-0.15, -0.1) is 11.8 Å². The molecule has 1 atom stereocenters. The molecule has 0 heterocycles. The number of benzene rings is 2. The van der Waals surface area contributed by atoms with Crippen LogP contribution in [-0.2, 0) is 16.1 Å². The summed E-state index contributed by atoms with van der Waals surface area (Å²) < 4.78 is 0. The van der Waals surface area contributed by atoms with Crippen molar-refractivity contribution in [2.45, 2.75) is 58.0 Å². The van der Waals surface area contributed by atoms with E-state index >= 15 is 0 Å². The van der Waals surface area contributed by atoms with Gasteiger partial charge < -0.3 is 10.2 Å². The second kappa shape index (κ2) is 11.7. The highest BCUT2D eigenvalue weighted by Gasteiger charge is 2.26. The summed E-state index contributed by atoms with van der Waals surface area (Å²) in [4.78, 5) is 28.4. The number of hydrogen-bond acceptors (Lipinski definition) is 3. The van der Waals surface area contributed by atoms with Gasteiger partial charge in [0.15, 0.2) is 0 Å². The Bertz CT molecular complexity index is 805. The van der Waals surface area contributed by atoms with Gasteiger partial charge in [-0.05, 0) is 44.9 Å². The molecule has 0 radical (unpaired) electrons. The van der Waals surface area contributed by atoms with Gasteiger partial charge in [-0.3, -0.25) is 9.59 Å². The molecule has 1 N–H and O–H groups in total. The van der Waals surface area contributed by atoms with Crippen LogP contribution in [0.2, 0.25) is 0 Å². The van der Waals surface area contributed by atoms with E-state index in [-0.39, 0.29) is 11.8 Å². The maximum Gasteiger partial charge on any atom is 0.242 e. The van der Waals surface area contributed by atoms with Gasteiger partial charge >= 0.3 is 0 Å². The third-order valence-electron chi connectivity index (χ3n) is 4.82. The molecule has 4 nitrogen and oxygen atoms in total. The lowest BCUT2D eigenvalue weighted by molar-refractivity contribution is -0.138. The fraction of sp³-hybridized carbons (Fsp3) is 0.417. The Morgan fingerprint density at radius 1 is 1.07 bits per heavy atom. The number of thioether (sulfide) groups is 1. The smallest absolute Gasteiger partial charge is 0.242 e. The molecule has 0 saturated carbocycles. The maximum absolute atomic E-state index is 13.1. The van der Waals surface area contributed by atoms with Gasteiger partial charge in [-0.25, -0.2) is 0 Å². The minimum absolute atomic E-state index is 0.0322. The van der Waals surface area contributed by atoms with Crippen LogP contribution in [0.4, 0.5) is 0 Å². The Balaban J connectivity index is 2.10. The van der Waals surface area contributed by atoms with Crippen LogP contribution in [-0.4, -0.2) is 35.1 Å². The van der Waals surface area contributed by atoms with E-state index in [9.17, 15) is 9.59 Å². The van der Waals surface area contributed by atoms with Crippen molar-refractivity contribution < 1.29 is 9.59 Å². The van der Waals surface area contributed by atoms with Crippen LogP contribution in [0.15, 0.2) is 53.4 Å². The summed E-state index contributed by atoms with van der Waals surface area (Å²) in [5, 5.41) is 2.96. The van der Waals surface area contributed by atoms with Crippen molar-refractivity contribution in [2.75, 3.05) is 12.3 Å². The molecule has 5 heteroatoms. The number of carbonyl (C=O) groups is 2. The summed E-state index contributed by atoms with van der Waals surface area (Å²) in [7, 11) is 0. The Morgan fingerprint density at radius 2 is 1.79 bits per heavy atom. The van der Waals surface area contributed by atoms with Crippen LogP contribution in [0.5, 0.6) is 0 Å². The molecule has 0 fully saturated rings. The minimum atomic E-state index is -0.515. The Morgan fingerprint density at radius 3 is 2.45 bits per heavy atom. The van der Waals surface area contributed by atoms with E-state index < -0.39 is 6.04 Å². The second-order valence-corrected chi connectivity index (χ2v) is 8.48. The molecule has 1 unspecified atom stereocenters. The number of hydrogen-bond donors (Lipinski definition) is 1. The minimum Gasteiger partial charge on any atom is -0.354 e. The van der Waals surface area contributed by atoms with Gasteiger partial charge in [0.05, 0.1) is 5.75 Å². The lowest BCUT2D eigenvalue weighted by atomic mass is 10.1. The van der Waals surface area contributed by atoms with Gasteiger partial charge in [-0.1, -0.05) is 60.9 Å². The van der Waals surface area contributed by atoms with Crippen molar-refractivity contribution in [1.82, 2.24) is 10.2 Å². The zero-order chi connectivity index (χ0) is 21.2. The van der Waals surface area contributed by atoms with Crippen molar-refractivity contribution in [1.29, 1.82) is 0 Å². The predicted octanol–water partition coefficient (Wildman–Crippen LogP) is 4.73. The van der Waals surface area contributed by atoms with Gasteiger partial charge in [0.1, 0.15) is 6.04 Å². The van der Waals surface area contributed by atoms with E-state index in [0.29, 0.717) is 18.8 Å². The van der Waals surface area contributed by atoms with Gasteiger partial charge in [0, 0.05) is 18.0 Å². The van der Waals surface area contributed by atoms with E-state index in [4.69, 9.17) is 0 Å². The molecule has 0 aliphatic heterocycles. The van der Waals surface area contributed by atoms with Crippen LogP contribution in [0.25, 0.3) is 0 Å². The SMILES string of the molecule is CCCCNC(=O)C(C)N(Cc1cccc(C)c1)C(=O)CSc1ccc(C)cc1. The molecule has 0 aliphatic carbocycles. The first-order valence-electron chi connectivity index (χ1n) is 10.2. The molecule has 2 aromatic rings. The van der Waals surface area contributed by atoms with Crippen LogP contribution in [0.1, 0.15) is 43.4 Å². The van der Waals surface area contributed by atoms with E-state index in [1.54, 1.807) is 4.90 Å². The van der Waals surface area contributed by atoms with Crippen molar-refractivity contribution in [2.24, 2.45) is 0 Å². The first-order chi connectivity index (χ1) is 13.9. The molecule has 0 bridgehead atoms. The lowest BCUT2D eigenvalue weighted by Gasteiger charge is -2.29. The third kappa shape index (κ3) is 7.58. The van der Waals surface area contributed by atoms with Crippen LogP contribution >= 0.6 is 11.8 Å². The molecule has 156 valence electrons. The number of rotatable bonds is 10. The van der Waals surface area contributed by atoms with Gasteiger partial charge in [0.2, 0.25) is 11.8 Å². The van der Waals surface area contributed by atoms with Crippen molar-refractivity contribution in [3.8, 4) is 0 Å². The highest BCUT2D eigenvalue weighted by Crippen LogP contribution is 2.20. The largest absolute Gasteiger partial charge is 0.354 e. The number of nitrogens with zero attached hydrogens (tertiary/aromatic N) is 1. The lowest BCUT2D eigenvalue weighted by Crippen LogP contribution is -2.48. The van der Waals surface area contributed by atoms with E-state index in [2.05, 4.69) is 18.3 Å². The highest BCUT2D eigenvalue weighted by atomic mass is 32.2. The number of aryl methyl sites for hydroxylation is 2. The van der Waals surface area contributed by atoms with E-state index in [1.165, 1.54) is 17.3 Å². The number of nitrogens with one attached hydrogen (secondary N) is 1. The standard InChI is InChI=1S/C24H32N2O2S/c1-5-6-14-25-24(28)20(4)26(16-21-9-7-8-19(3)15-21)23(27)17-29-22-12-10-18(2)11-13-22/h7-13,15,20H,5-6,14,16-17H2,1-4H3,(H,25,28). The maximum atomic E-state index is 13.1. The highest BCUT2D eigenvalue weighted by molar-refractivity contribution is 8.00. The third-order valence-corrected chi connectivity index (χ3v) is 5.81. The molecule has 0 spiro atoms. The van der Waals surface area contributed by atoms with Gasteiger partial charge in [0.25, 0.3) is 0 Å². The molecule has 2 rings (SSSR count). The van der Waals surface area contributed by atoms with E-state index in [0.717, 1.165) is 28.9 Å². The normalized spacial score (nSPS) is 11.7. The van der Waals surface area contributed by atoms with Gasteiger partial charge in [-0.2, -0.15) is 0 Å². The average molecular weight is 413 g/mol. The fourth-order valence-corrected chi connectivity index (χ4v) is 3.77. The summed E-state index contributed by atoms with van der Waals surface area (Å²) in [6, 6.07) is 15.7. The molecule has 29 heavy (non-hydrogen) atoms. The zero-order valence-corrected chi connectivity index (χ0v) is 18.7. The number of unbranched alkanes of at least 4 members (excludes halogenated alkanes) is 1. The summed E-state index contributed by atoms with van der Waals surface area (Å²) in [5.41, 5.74) is 3.37. The summed E-state index contributed by atoms with van der Waals surface area (Å²) in [5.74, 6) is 0.177. The number of carbonyl (C=O) groups excluding carboxylic acids is 2. The molecular weight excluding hydrogens is 380 g/mol. The predicted molar refractivity (Wildman–Crippen MR) is 121 cm³/mol. The fourth-order valence-electron chi connectivity index (χ4n) is 2.99. The summed E-state index contributed by atoms with van der Waals surface area (Å²) >= 11 is 1.51. The Kier molecular flexibility index (Phi) is 9.26. The molecule has 0 saturated heterocycles. The van der Waals surface area contributed by atoms with E-state index in [1.807, 2.05) is 63.2 Å². The average Bonchev–Trinajstić information content (AvgIpc) is 2.71. The summed E-state index contributed by atoms with van der Waals surface area (Å²) in [6.07, 6.45) is 1.96. The molecule has 0 aliphatic rings. The monoisotopic (exact) mass is 412 g/mol. The second-order valence-electron chi connectivity index (χ2n) is 7.43. The first kappa shape index (κ1) is 23.0. The molecular formula is C24H32N2O2S. The molecule has 2 aromatic carbocycles. The van der Waals surface area contributed by atoms with Crippen LogP contribution in [0.3, 0.4) is 0 Å². The van der Waals surface area contributed by atoms with Crippen LogP contribution < -0.4 is 5.32 Å². The summed E-state index contributed by atoms with van der Waals surface area (Å²) in [6.45, 7) is 9.05. The van der Waals surface area contributed by atoms with Crippen molar-refractivity contribution in [3.05, 3.63) is 65.2 Å². The quantitative estimate of drug-likeness (QED) is 0.453. The number of amides is 2. The zero-order valence-electron chi connectivity index (χ0n) is 17.9. The topological polar surface area (TPSA) is 49.4 Å². The van der Waals surface area contributed by atoms with Crippen molar-refractivity contribution in [3.63, 3.8) is 0 Å². The molecule has 2 amide bonds. The Hall–Kier alpha value is -2.27. The first-order valence-corrected chi connectivity index (χ1v) is 11.2.